The largest absolute Gasteiger partial charge is 0.333 e. The van der Waals surface area contributed by atoms with Gasteiger partial charge in [0, 0.05) is 11.9 Å². The normalized spacial score (nSPS) is 12.3. The number of nitrogens with zero attached hydrogens (tertiary/aromatic N) is 4. The standard InChI is InChI=1S/C17H18N4OS/c1-10-16(23-12(3)19-10)11(2)21(4)17(22)15-9-18-13-7-5-6-8-14(13)20-15/h5-9,11H,1-4H3/t11-/m1/s1. The summed E-state index contributed by atoms with van der Waals surface area (Å²) in [5.74, 6) is -0.138. The third kappa shape index (κ3) is 2.94. The fourth-order valence-corrected chi connectivity index (χ4v) is 3.55. The second-order valence-electron chi connectivity index (χ2n) is 5.52. The van der Waals surface area contributed by atoms with Crippen molar-refractivity contribution in [3.8, 4) is 0 Å². The molecule has 2 aromatic heterocycles. The zero-order valence-electron chi connectivity index (χ0n) is 13.6. The second kappa shape index (κ2) is 6.04. The van der Waals surface area contributed by atoms with E-state index >= 15 is 0 Å². The zero-order chi connectivity index (χ0) is 16.6. The Morgan fingerprint density at radius 1 is 1.17 bits per heavy atom. The van der Waals surface area contributed by atoms with Crippen LogP contribution in [-0.4, -0.2) is 32.8 Å². The highest BCUT2D eigenvalue weighted by molar-refractivity contribution is 7.11. The van der Waals surface area contributed by atoms with E-state index in [0.717, 1.165) is 26.6 Å². The average molecular weight is 326 g/mol. The van der Waals surface area contributed by atoms with E-state index in [1.54, 1.807) is 29.5 Å². The summed E-state index contributed by atoms with van der Waals surface area (Å²) in [5, 5.41) is 1.01. The zero-order valence-corrected chi connectivity index (χ0v) is 14.4. The first-order valence-electron chi connectivity index (χ1n) is 7.40. The van der Waals surface area contributed by atoms with Crippen LogP contribution >= 0.6 is 11.3 Å². The highest BCUT2D eigenvalue weighted by atomic mass is 32.1. The fourth-order valence-electron chi connectivity index (χ4n) is 2.53. The first-order valence-corrected chi connectivity index (χ1v) is 8.22. The van der Waals surface area contributed by atoms with Gasteiger partial charge in [0.25, 0.3) is 5.91 Å². The predicted molar refractivity (Wildman–Crippen MR) is 91.6 cm³/mol. The predicted octanol–water partition coefficient (Wildman–Crippen LogP) is 3.54. The number of aromatic nitrogens is 3. The molecule has 0 aliphatic carbocycles. The Labute approximate surface area is 139 Å². The van der Waals surface area contributed by atoms with Gasteiger partial charge in [-0.1, -0.05) is 12.1 Å². The van der Waals surface area contributed by atoms with E-state index < -0.39 is 0 Å². The molecule has 5 nitrogen and oxygen atoms in total. The molecule has 0 unspecified atom stereocenters. The second-order valence-corrected chi connectivity index (χ2v) is 6.75. The van der Waals surface area contributed by atoms with Crippen LogP contribution in [0.2, 0.25) is 0 Å². The van der Waals surface area contributed by atoms with Gasteiger partial charge in [-0.25, -0.2) is 9.97 Å². The third-order valence-corrected chi connectivity index (χ3v) is 5.13. The van der Waals surface area contributed by atoms with Gasteiger partial charge in [0.15, 0.2) is 0 Å². The van der Waals surface area contributed by atoms with E-state index in [2.05, 4.69) is 15.0 Å². The summed E-state index contributed by atoms with van der Waals surface area (Å²) in [4.78, 5) is 28.7. The van der Waals surface area contributed by atoms with Crippen LogP contribution in [-0.2, 0) is 0 Å². The minimum absolute atomic E-state index is 0.0537. The summed E-state index contributed by atoms with van der Waals surface area (Å²) in [7, 11) is 1.79. The van der Waals surface area contributed by atoms with Crippen molar-refractivity contribution >= 4 is 28.3 Å². The lowest BCUT2D eigenvalue weighted by molar-refractivity contribution is 0.0738. The number of aryl methyl sites for hydroxylation is 2. The van der Waals surface area contributed by atoms with Crippen LogP contribution in [0.1, 0.15) is 39.0 Å². The Balaban J connectivity index is 1.89. The Bertz CT molecular complexity index is 874. The van der Waals surface area contributed by atoms with Crippen LogP contribution in [0.5, 0.6) is 0 Å². The summed E-state index contributed by atoms with van der Waals surface area (Å²) in [6.45, 7) is 5.96. The lowest BCUT2D eigenvalue weighted by Gasteiger charge is -2.24. The van der Waals surface area contributed by atoms with Crippen molar-refractivity contribution in [1.82, 2.24) is 19.9 Å². The molecule has 2 heterocycles. The summed E-state index contributed by atoms with van der Waals surface area (Å²) < 4.78 is 0. The molecule has 1 atom stereocenters. The maximum Gasteiger partial charge on any atom is 0.274 e. The molecule has 0 aliphatic rings. The van der Waals surface area contributed by atoms with Gasteiger partial charge in [-0.15, -0.1) is 11.3 Å². The molecule has 3 aromatic rings. The van der Waals surface area contributed by atoms with Crippen LogP contribution in [0, 0.1) is 13.8 Å². The highest BCUT2D eigenvalue weighted by Crippen LogP contribution is 2.28. The van der Waals surface area contributed by atoms with Gasteiger partial charge in [0.05, 0.1) is 34.0 Å². The number of amides is 1. The van der Waals surface area contributed by atoms with E-state index in [0.29, 0.717) is 5.69 Å². The quantitative estimate of drug-likeness (QED) is 0.739. The van der Waals surface area contributed by atoms with Crippen LogP contribution < -0.4 is 0 Å². The molecular formula is C17H18N4OS. The van der Waals surface area contributed by atoms with Gasteiger partial charge >= 0.3 is 0 Å². The van der Waals surface area contributed by atoms with E-state index in [1.165, 1.54) is 0 Å². The van der Waals surface area contributed by atoms with Crippen molar-refractivity contribution in [3.63, 3.8) is 0 Å². The minimum atomic E-state index is -0.138. The molecule has 3 rings (SSSR count). The van der Waals surface area contributed by atoms with Gasteiger partial charge in [0.1, 0.15) is 5.69 Å². The van der Waals surface area contributed by atoms with Crippen LogP contribution in [0.15, 0.2) is 30.5 Å². The Morgan fingerprint density at radius 3 is 2.52 bits per heavy atom. The topological polar surface area (TPSA) is 59.0 Å². The first-order chi connectivity index (χ1) is 11.0. The van der Waals surface area contributed by atoms with Crippen molar-refractivity contribution in [1.29, 1.82) is 0 Å². The van der Waals surface area contributed by atoms with Crippen molar-refractivity contribution < 1.29 is 4.79 Å². The van der Waals surface area contributed by atoms with Crippen LogP contribution in [0.25, 0.3) is 11.0 Å². The fraction of sp³-hybridized carbons (Fsp3) is 0.294. The number of fused-ring (bicyclic) bond motifs is 1. The van der Waals surface area contributed by atoms with E-state index in [9.17, 15) is 4.79 Å². The number of hydrogen-bond acceptors (Lipinski definition) is 5. The summed E-state index contributed by atoms with van der Waals surface area (Å²) in [6, 6.07) is 7.48. The van der Waals surface area contributed by atoms with Crippen LogP contribution in [0.3, 0.4) is 0 Å². The monoisotopic (exact) mass is 326 g/mol. The summed E-state index contributed by atoms with van der Waals surface area (Å²) in [5.41, 5.74) is 2.85. The molecule has 0 spiro atoms. The van der Waals surface area contributed by atoms with E-state index in [1.807, 2.05) is 45.0 Å². The van der Waals surface area contributed by atoms with Gasteiger partial charge in [-0.2, -0.15) is 0 Å². The van der Waals surface area contributed by atoms with E-state index in [-0.39, 0.29) is 11.9 Å². The molecule has 118 valence electrons. The van der Waals surface area contributed by atoms with Crippen molar-refractivity contribution in [3.05, 3.63) is 51.7 Å². The smallest absolute Gasteiger partial charge is 0.274 e. The van der Waals surface area contributed by atoms with Crippen LogP contribution in [0.4, 0.5) is 0 Å². The maximum atomic E-state index is 12.7. The molecule has 1 aromatic carbocycles. The number of rotatable bonds is 3. The molecule has 0 saturated carbocycles. The highest BCUT2D eigenvalue weighted by Gasteiger charge is 2.23. The molecule has 0 saturated heterocycles. The Morgan fingerprint density at radius 2 is 1.87 bits per heavy atom. The van der Waals surface area contributed by atoms with Gasteiger partial charge in [-0.05, 0) is 32.9 Å². The summed E-state index contributed by atoms with van der Waals surface area (Å²) >= 11 is 1.62. The number of hydrogen-bond donors (Lipinski definition) is 0. The molecule has 0 aliphatic heterocycles. The van der Waals surface area contributed by atoms with Crippen molar-refractivity contribution in [2.45, 2.75) is 26.8 Å². The SMILES string of the molecule is Cc1nc(C)c([C@@H](C)N(C)C(=O)c2cnc3ccccc3n2)s1. The van der Waals surface area contributed by atoms with Gasteiger partial charge in [-0.3, -0.25) is 9.78 Å². The number of carbonyl (C=O) groups excluding carboxylic acids is 1. The number of thiazole rings is 1. The van der Waals surface area contributed by atoms with Crippen molar-refractivity contribution in [2.24, 2.45) is 0 Å². The molecule has 6 heteroatoms. The molecule has 0 fully saturated rings. The molecule has 0 N–H and O–H groups in total. The maximum absolute atomic E-state index is 12.7. The van der Waals surface area contributed by atoms with Gasteiger partial charge < -0.3 is 4.90 Å². The third-order valence-electron chi connectivity index (χ3n) is 3.89. The Kier molecular flexibility index (Phi) is 4.09. The number of benzene rings is 1. The lowest BCUT2D eigenvalue weighted by Crippen LogP contribution is -2.30. The molecular weight excluding hydrogens is 308 g/mol. The summed E-state index contributed by atoms with van der Waals surface area (Å²) in [6.07, 6.45) is 1.54. The van der Waals surface area contributed by atoms with E-state index in [4.69, 9.17) is 0 Å². The number of carbonyl (C=O) groups is 1. The number of para-hydroxylation sites is 2. The molecule has 23 heavy (non-hydrogen) atoms. The molecule has 0 bridgehead atoms. The first kappa shape index (κ1) is 15.6. The Hall–Kier alpha value is -2.34. The molecule has 0 radical (unpaired) electrons. The lowest BCUT2D eigenvalue weighted by atomic mass is 10.2. The van der Waals surface area contributed by atoms with Crippen molar-refractivity contribution in [2.75, 3.05) is 7.05 Å². The van der Waals surface area contributed by atoms with Gasteiger partial charge in [0.2, 0.25) is 0 Å². The minimum Gasteiger partial charge on any atom is -0.333 e. The average Bonchev–Trinajstić information content (AvgIpc) is 2.90. The molecule has 1 amide bonds.